The van der Waals surface area contributed by atoms with Crippen molar-refractivity contribution in [1.29, 1.82) is 0 Å². The van der Waals surface area contributed by atoms with Crippen molar-refractivity contribution >= 4 is 23.0 Å². The molecule has 1 aromatic heterocycles. The summed E-state index contributed by atoms with van der Waals surface area (Å²) in [4.78, 5) is 0. The average molecular weight is 322 g/mol. The van der Waals surface area contributed by atoms with E-state index in [0.29, 0.717) is 5.11 Å². The summed E-state index contributed by atoms with van der Waals surface area (Å²) in [5.41, 5.74) is 3.23. The molecule has 1 atom stereocenters. The second-order valence-electron chi connectivity index (χ2n) is 5.27. The number of thiocarbonyl (C=S) groups is 1. The van der Waals surface area contributed by atoms with Crippen LogP contribution in [-0.2, 0) is 0 Å². The van der Waals surface area contributed by atoms with Gasteiger partial charge in [-0.25, -0.2) is 0 Å². The Hall–Kier alpha value is -2.59. The maximum absolute atomic E-state index is 5.57. The van der Waals surface area contributed by atoms with Crippen LogP contribution in [-0.4, -0.2) is 5.11 Å². The molecular formula is C19H18N2OS. The van der Waals surface area contributed by atoms with Gasteiger partial charge in [0, 0.05) is 5.69 Å². The smallest absolute Gasteiger partial charge is 0.171 e. The maximum Gasteiger partial charge on any atom is 0.171 e. The Bertz CT molecular complexity index is 769. The second-order valence-corrected chi connectivity index (χ2v) is 5.68. The Balaban J connectivity index is 1.79. The molecule has 0 spiro atoms. The highest BCUT2D eigenvalue weighted by molar-refractivity contribution is 7.80. The number of para-hydroxylation sites is 1. The Labute approximate surface area is 141 Å². The standard InChI is InChI=1S/C19H18N2OS/c1-14-8-5-6-11-16(14)20-19(23)21-18(17-12-7-13-22-17)15-9-3-2-4-10-15/h2-13,18H,1H3,(H2,20,21,23)/t18-/m1/s1. The van der Waals surface area contributed by atoms with Crippen molar-refractivity contribution in [2.45, 2.75) is 13.0 Å². The van der Waals surface area contributed by atoms with Gasteiger partial charge >= 0.3 is 0 Å². The fourth-order valence-electron chi connectivity index (χ4n) is 2.42. The lowest BCUT2D eigenvalue weighted by Crippen LogP contribution is -2.33. The van der Waals surface area contributed by atoms with Crippen molar-refractivity contribution in [1.82, 2.24) is 5.32 Å². The third-order valence-corrected chi connectivity index (χ3v) is 3.85. The molecule has 116 valence electrons. The van der Waals surface area contributed by atoms with E-state index in [4.69, 9.17) is 16.6 Å². The molecule has 0 bridgehead atoms. The predicted octanol–water partition coefficient (Wildman–Crippen LogP) is 4.66. The third kappa shape index (κ3) is 3.79. The largest absolute Gasteiger partial charge is 0.467 e. The number of nitrogens with one attached hydrogen (secondary N) is 2. The molecule has 3 rings (SSSR count). The zero-order chi connectivity index (χ0) is 16.1. The maximum atomic E-state index is 5.57. The number of aryl methyl sites for hydroxylation is 1. The quantitative estimate of drug-likeness (QED) is 0.685. The number of anilines is 1. The van der Waals surface area contributed by atoms with E-state index < -0.39 is 0 Å². The fraction of sp³-hybridized carbons (Fsp3) is 0.105. The molecule has 0 saturated heterocycles. The first-order valence-corrected chi connectivity index (χ1v) is 7.86. The van der Waals surface area contributed by atoms with E-state index in [9.17, 15) is 0 Å². The number of furan rings is 1. The van der Waals surface area contributed by atoms with Gasteiger partial charge in [-0.2, -0.15) is 0 Å². The monoisotopic (exact) mass is 322 g/mol. The average Bonchev–Trinajstić information content (AvgIpc) is 3.10. The van der Waals surface area contributed by atoms with E-state index in [0.717, 1.165) is 22.6 Å². The molecule has 0 amide bonds. The highest BCUT2D eigenvalue weighted by Gasteiger charge is 2.17. The van der Waals surface area contributed by atoms with Crippen LogP contribution in [0.2, 0.25) is 0 Å². The first-order valence-electron chi connectivity index (χ1n) is 7.45. The third-order valence-electron chi connectivity index (χ3n) is 3.63. The first-order chi connectivity index (χ1) is 11.2. The normalized spacial score (nSPS) is 11.7. The number of hydrogen-bond acceptors (Lipinski definition) is 2. The van der Waals surface area contributed by atoms with Crippen LogP contribution >= 0.6 is 12.2 Å². The van der Waals surface area contributed by atoms with Crippen molar-refractivity contribution in [2.75, 3.05) is 5.32 Å². The lowest BCUT2D eigenvalue weighted by Gasteiger charge is -2.20. The lowest BCUT2D eigenvalue weighted by molar-refractivity contribution is 0.476. The summed E-state index contributed by atoms with van der Waals surface area (Å²) >= 11 is 5.48. The summed E-state index contributed by atoms with van der Waals surface area (Å²) in [5, 5.41) is 7.15. The molecular weight excluding hydrogens is 304 g/mol. The molecule has 0 saturated carbocycles. The van der Waals surface area contributed by atoms with Crippen LogP contribution in [0.1, 0.15) is 22.9 Å². The minimum absolute atomic E-state index is 0.129. The van der Waals surface area contributed by atoms with Gasteiger partial charge in [0.25, 0.3) is 0 Å². The molecule has 2 N–H and O–H groups in total. The van der Waals surface area contributed by atoms with Gasteiger partial charge in [0.05, 0.1) is 6.26 Å². The van der Waals surface area contributed by atoms with Crippen LogP contribution in [0.25, 0.3) is 0 Å². The lowest BCUT2D eigenvalue weighted by atomic mass is 10.1. The van der Waals surface area contributed by atoms with Gasteiger partial charge in [-0.3, -0.25) is 0 Å². The van der Waals surface area contributed by atoms with Gasteiger partial charge in [-0.05, 0) is 48.5 Å². The molecule has 1 heterocycles. The van der Waals surface area contributed by atoms with Gasteiger partial charge in [0.1, 0.15) is 11.8 Å². The number of benzene rings is 2. The number of rotatable bonds is 4. The van der Waals surface area contributed by atoms with Crippen molar-refractivity contribution < 1.29 is 4.42 Å². The van der Waals surface area contributed by atoms with Gasteiger partial charge in [0.15, 0.2) is 5.11 Å². The molecule has 0 unspecified atom stereocenters. The minimum Gasteiger partial charge on any atom is -0.467 e. The van der Waals surface area contributed by atoms with E-state index in [1.54, 1.807) is 6.26 Å². The highest BCUT2D eigenvalue weighted by Crippen LogP contribution is 2.23. The van der Waals surface area contributed by atoms with Crippen molar-refractivity contribution in [3.05, 3.63) is 89.9 Å². The van der Waals surface area contributed by atoms with Crippen LogP contribution in [0.5, 0.6) is 0 Å². The molecule has 0 aliphatic rings. The molecule has 3 aromatic rings. The predicted molar refractivity (Wildman–Crippen MR) is 97.5 cm³/mol. The summed E-state index contributed by atoms with van der Waals surface area (Å²) in [6.07, 6.45) is 1.67. The first kappa shape index (κ1) is 15.3. The second kappa shape index (κ2) is 7.11. The number of hydrogen-bond donors (Lipinski definition) is 2. The molecule has 3 nitrogen and oxygen atoms in total. The molecule has 0 aliphatic carbocycles. The fourth-order valence-corrected chi connectivity index (χ4v) is 2.65. The van der Waals surface area contributed by atoms with Crippen LogP contribution in [0.4, 0.5) is 5.69 Å². The van der Waals surface area contributed by atoms with E-state index in [-0.39, 0.29) is 6.04 Å². The van der Waals surface area contributed by atoms with Gasteiger partial charge in [-0.15, -0.1) is 0 Å². The summed E-state index contributed by atoms with van der Waals surface area (Å²) in [6, 6.07) is 21.8. The van der Waals surface area contributed by atoms with Crippen LogP contribution < -0.4 is 10.6 Å². The molecule has 23 heavy (non-hydrogen) atoms. The summed E-state index contributed by atoms with van der Waals surface area (Å²) in [5.74, 6) is 0.824. The highest BCUT2D eigenvalue weighted by atomic mass is 32.1. The van der Waals surface area contributed by atoms with Crippen molar-refractivity contribution in [3.8, 4) is 0 Å². The summed E-state index contributed by atoms with van der Waals surface area (Å²) in [7, 11) is 0. The Kier molecular flexibility index (Phi) is 4.74. The van der Waals surface area contributed by atoms with Crippen LogP contribution in [0, 0.1) is 6.92 Å². The SMILES string of the molecule is Cc1ccccc1NC(=S)N[C@H](c1ccccc1)c1ccco1. The van der Waals surface area contributed by atoms with Gasteiger partial charge < -0.3 is 15.1 Å². The van der Waals surface area contributed by atoms with Gasteiger partial charge in [0.2, 0.25) is 0 Å². The minimum atomic E-state index is -0.129. The zero-order valence-corrected chi connectivity index (χ0v) is 13.6. The topological polar surface area (TPSA) is 37.2 Å². The van der Waals surface area contributed by atoms with Gasteiger partial charge in [-0.1, -0.05) is 48.5 Å². The van der Waals surface area contributed by atoms with Crippen LogP contribution in [0.15, 0.2) is 77.4 Å². The van der Waals surface area contributed by atoms with Crippen molar-refractivity contribution in [2.24, 2.45) is 0 Å². The van der Waals surface area contributed by atoms with E-state index >= 15 is 0 Å². The Morgan fingerprint density at radius 1 is 0.957 bits per heavy atom. The van der Waals surface area contributed by atoms with E-state index in [1.165, 1.54) is 0 Å². The Morgan fingerprint density at radius 2 is 1.70 bits per heavy atom. The molecule has 0 fully saturated rings. The van der Waals surface area contributed by atoms with E-state index in [2.05, 4.69) is 22.8 Å². The molecule has 0 aliphatic heterocycles. The van der Waals surface area contributed by atoms with Crippen LogP contribution in [0.3, 0.4) is 0 Å². The zero-order valence-electron chi connectivity index (χ0n) is 12.8. The van der Waals surface area contributed by atoms with Crippen molar-refractivity contribution in [3.63, 3.8) is 0 Å². The summed E-state index contributed by atoms with van der Waals surface area (Å²) in [6.45, 7) is 2.05. The van der Waals surface area contributed by atoms with E-state index in [1.807, 2.05) is 61.5 Å². The Morgan fingerprint density at radius 3 is 2.39 bits per heavy atom. The molecule has 0 radical (unpaired) electrons. The molecule has 2 aromatic carbocycles. The molecule has 4 heteroatoms. The summed E-state index contributed by atoms with van der Waals surface area (Å²) < 4.78 is 5.57.